The first kappa shape index (κ1) is 7.80. The van der Waals surface area contributed by atoms with E-state index in [0.717, 1.165) is 18.0 Å². The van der Waals surface area contributed by atoms with Crippen molar-refractivity contribution in [2.75, 3.05) is 23.3 Å². The van der Waals surface area contributed by atoms with Crippen molar-refractivity contribution in [2.45, 2.75) is 11.3 Å². The van der Waals surface area contributed by atoms with Gasteiger partial charge in [0.25, 0.3) is 0 Å². The summed E-state index contributed by atoms with van der Waals surface area (Å²) in [7, 11) is 0. The van der Waals surface area contributed by atoms with Gasteiger partial charge in [0.2, 0.25) is 0 Å². The Kier molecular flexibility index (Phi) is 2.13. The molecule has 1 aliphatic heterocycles. The van der Waals surface area contributed by atoms with E-state index in [-0.39, 0.29) is 0 Å². The second-order valence-electron chi connectivity index (χ2n) is 2.85. The van der Waals surface area contributed by atoms with Crippen LogP contribution in [0.3, 0.4) is 0 Å². The zero-order valence-electron chi connectivity index (χ0n) is 6.84. The fourth-order valence-corrected chi connectivity index (χ4v) is 2.35. The highest BCUT2D eigenvalue weighted by Crippen LogP contribution is 2.34. The fourth-order valence-electron chi connectivity index (χ4n) is 1.32. The van der Waals surface area contributed by atoms with Gasteiger partial charge in [0.1, 0.15) is 0 Å². The summed E-state index contributed by atoms with van der Waals surface area (Å²) in [6.07, 6.45) is 1.21. The van der Waals surface area contributed by atoms with Gasteiger partial charge in [0, 0.05) is 17.9 Å². The van der Waals surface area contributed by atoms with Crippen LogP contribution >= 0.6 is 11.8 Å². The molecule has 1 aromatic carbocycles. The summed E-state index contributed by atoms with van der Waals surface area (Å²) < 4.78 is 0. The minimum absolute atomic E-state index is 0.895. The van der Waals surface area contributed by atoms with E-state index in [1.807, 2.05) is 23.9 Å². The molecule has 3 heteroatoms. The third-order valence-corrected chi connectivity index (χ3v) is 3.17. The number of fused-ring (bicyclic) bond motifs is 1. The topological polar surface area (TPSA) is 38.0 Å². The third kappa shape index (κ3) is 1.37. The van der Waals surface area contributed by atoms with Crippen molar-refractivity contribution in [3.63, 3.8) is 0 Å². The van der Waals surface area contributed by atoms with Gasteiger partial charge in [-0.15, -0.1) is 11.8 Å². The molecule has 0 aliphatic carbocycles. The van der Waals surface area contributed by atoms with Crippen molar-refractivity contribution in [1.29, 1.82) is 0 Å². The van der Waals surface area contributed by atoms with Crippen LogP contribution in [0.25, 0.3) is 0 Å². The normalized spacial score (nSPS) is 16.0. The second-order valence-corrected chi connectivity index (χ2v) is 3.96. The molecule has 0 amide bonds. The number of anilines is 2. The third-order valence-electron chi connectivity index (χ3n) is 1.93. The van der Waals surface area contributed by atoms with Crippen LogP contribution in [0.15, 0.2) is 23.1 Å². The molecular weight excluding hydrogens is 168 g/mol. The van der Waals surface area contributed by atoms with E-state index in [4.69, 9.17) is 5.73 Å². The monoisotopic (exact) mass is 180 g/mol. The Hall–Kier alpha value is -0.830. The summed E-state index contributed by atoms with van der Waals surface area (Å²) in [5, 5.41) is 3.37. The molecule has 0 unspecified atom stereocenters. The Bertz CT molecular complexity index is 286. The van der Waals surface area contributed by atoms with Crippen LogP contribution in [0.1, 0.15) is 6.42 Å². The van der Waals surface area contributed by atoms with Gasteiger partial charge in [0.05, 0.1) is 4.90 Å². The van der Waals surface area contributed by atoms with Crippen molar-refractivity contribution in [3.8, 4) is 0 Å². The summed E-state index contributed by atoms with van der Waals surface area (Å²) in [5.74, 6) is 1.16. The first-order valence-corrected chi connectivity index (χ1v) is 5.11. The highest BCUT2D eigenvalue weighted by molar-refractivity contribution is 7.99. The Morgan fingerprint density at radius 1 is 1.42 bits per heavy atom. The average Bonchev–Trinajstić information content (AvgIpc) is 2.30. The number of nitrogens with one attached hydrogen (secondary N) is 1. The van der Waals surface area contributed by atoms with Gasteiger partial charge in [-0.05, 0) is 24.3 Å². The molecule has 0 radical (unpaired) electrons. The summed E-state index contributed by atoms with van der Waals surface area (Å²) >= 11 is 1.85. The molecule has 64 valence electrons. The van der Waals surface area contributed by atoms with Crippen LogP contribution in [-0.4, -0.2) is 12.3 Å². The zero-order chi connectivity index (χ0) is 8.39. The van der Waals surface area contributed by atoms with E-state index in [1.54, 1.807) is 0 Å². The minimum Gasteiger partial charge on any atom is -0.398 e. The smallest absolute Gasteiger partial charge is 0.0534 e. The predicted molar refractivity (Wildman–Crippen MR) is 54.7 cm³/mol. The molecule has 0 atom stereocenters. The van der Waals surface area contributed by atoms with Gasteiger partial charge >= 0.3 is 0 Å². The molecule has 1 heterocycles. The number of thioether (sulfide) groups is 1. The molecule has 0 bridgehead atoms. The Morgan fingerprint density at radius 3 is 3.25 bits per heavy atom. The largest absolute Gasteiger partial charge is 0.398 e. The van der Waals surface area contributed by atoms with Gasteiger partial charge in [-0.3, -0.25) is 0 Å². The van der Waals surface area contributed by atoms with Crippen molar-refractivity contribution >= 4 is 23.1 Å². The summed E-state index contributed by atoms with van der Waals surface area (Å²) in [5.41, 5.74) is 7.94. The maximum absolute atomic E-state index is 5.85. The lowest BCUT2D eigenvalue weighted by atomic mass is 10.3. The van der Waals surface area contributed by atoms with E-state index < -0.39 is 0 Å². The highest BCUT2D eigenvalue weighted by atomic mass is 32.2. The SMILES string of the molecule is Nc1cccc2c1SCCCN2. The van der Waals surface area contributed by atoms with Crippen LogP contribution in [0.4, 0.5) is 11.4 Å². The minimum atomic E-state index is 0.895. The summed E-state index contributed by atoms with van der Waals surface area (Å²) in [6, 6.07) is 6.04. The lowest BCUT2D eigenvalue weighted by Gasteiger charge is -2.08. The van der Waals surface area contributed by atoms with Crippen molar-refractivity contribution < 1.29 is 0 Å². The Morgan fingerprint density at radius 2 is 2.33 bits per heavy atom. The number of nitrogens with two attached hydrogens (primary N) is 1. The molecule has 1 aliphatic rings. The first-order valence-electron chi connectivity index (χ1n) is 4.13. The predicted octanol–water partition coefficient (Wildman–Crippen LogP) is 2.18. The van der Waals surface area contributed by atoms with Gasteiger partial charge in [0.15, 0.2) is 0 Å². The van der Waals surface area contributed by atoms with E-state index in [1.165, 1.54) is 17.0 Å². The second kappa shape index (κ2) is 3.27. The van der Waals surface area contributed by atoms with Gasteiger partial charge in [-0.2, -0.15) is 0 Å². The maximum atomic E-state index is 5.85. The number of rotatable bonds is 0. The van der Waals surface area contributed by atoms with E-state index in [9.17, 15) is 0 Å². The molecule has 1 aromatic rings. The van der Waals surface area contributed by atoms with Crippen LogP contribution in [0.5, 0.6) is 0 Å². The molecule has 0 spiro atoms. The standard InChI is InChI=1S/C9H12N2S/c10-7-3-1-4-8-9(7)12-6-2-5-11-8/h1,3-4,11H,2,5-6,10H2. The summed E-state index contributed by atoms with van der Waals surface area (Å²) in [6.45, 7) is 1.06. The van der Waals surface area contributed by atoms with E-state index >= 15 is 0 Å². The lowest BCUT2D eigenvalue weighted by molar-refractivity contribution is 0.999. The molecule has 0 fully saturated rings. The molecule has 12 heavy (non-hydrogen) atoms. The van der Waals surface area contributed by atoms with Crippen LogP contribution in [0.2, 0.25) is 0 Å². The fraction of sp³-hybridized carbons (Fsp3) is 0.333. The Labute approximate surface area is 76.5 Å². The molecule has 0 saturated heterocycles. The molecule has 0 saturated carbocycles. The average molecular weight is 180 g/mol. The molecular formula is C9H12N2S. The Balaban J connectivity index is 2.42. The van der Waals surface area contributed by atoms with Crippen LogP contribution < -0.4 is 11.1 Å². The number of nitrogen functional groups attached to an aromatic ring is 1. The first-order chi connectivity index (χ1) is 5.88. The summed E-state index contributed by atoms with van der Waals surface area (Å²) in [4.78, 5) is 1.22. The van der Waals surface area contributed by atoms with Gasteiger partial charge in [-0.1, -0.05) is 6.07 Å². The molecule has 2 rings (SSSR count). The van der Waals surface area contributed by atoms with Crippen molar-refractivity contribution in [3.05, 3.63) is 18.2 Å². The van der Waals surface area contributed by atoms with Gasteiger partial charge in [-0.25, -0.2) is 0 Å². The number of hydrogen-bond acceptors (Lipinski definition) is 3. The lowest BCUT2D eigenvalue weighted by Crippen LogP contribution is -2.00. The number of hydrogen-bond donors (Lipinski definition) is 2. The van der Waals surface area contributed by atoms with Crippen LogP contribution in [0, 0.1) is 0 Å². The quantitative estimate of drug-likeness (QED) is 0.601. The molecule has 0 aromatic heterocycles. The zero-order valence-corrected chi connectivity index (χ0v) is 7.66. The van der Waals surface area contributed by atoms with Crippen molar-refractivity contribution in [2.24, 2.45) is 0 Å². The van der Waals surface area contributed by atoms with E-state index in [2.05, 4.69) is 11.4 Å². The number of benzene rings is 1. The van der Waals surface area contributed by atoms with Crippen molar-refractivity contribution in [1.82, 2.24) is 0 Å². The van der Waals surface area contributed by atoms with Gasteiger partial charge < -0.3 is 11.1 Å². The van der Waals surface area contributed by atoms with Crippen LogP contribution in [-0.2, 0) is 0 Å². The molecule has 2 nitrogen and oxygen atoms in total. The molecule has 3 N–H and O–H groups in total. The van der Waals surface area contributed by atoms with E-state index in [0.29, 0.717) is 0 Å². The highest BCUT2D eigenvalue weighted by Gasteiger charge is 2.09. The maximum Gasteiger partial charge on any atom is 0.0534 e.